The Balaban J connectivity index is 1.90. The van der Waals surface area contributed by atoms with E-state index in [2.05, 4.69) is 56.7 Å². The molecule has 0 saturated heterocycles. The van der Waals surface area contributed by atoms with Gasteiger partial charge in [-0.15, -0.1) is 0 Å². The Morgan fingerprint density at radius 2 is 2.00 bits per heavy atom. The van der Waals surface area contributed by atoms with Crippen molar-refractivity contribution in [3.63, 3.8) is 0 Å². The molecule has 2 aromatic carbocycles. The molecule has 1 aromatic heterocycles. The molecule has 0 amide bonds. The second-order valence-corrected chi connectivity index (χ2v) is 5.92. The zero-order chi connectivity index (χ0) is 14.7. The first kappa shape index (κ1) is 14.2. The largest absolute Gasteiger partial charge is 0.271 e. The lowest BCUT2D eigenvalue weighted by atomic mass is 9.98. The summed E-state index contributed by atoms with van der Waals surface area (Å²) in [5, 5.41) is 1.13. The van der Waals surface area contributed by atoms with Crippen molar-refractivity contribution in [1.29, 1.82) is 0 Å². The molecule has 0 aliphatic carbocycles. The summed E-state index contributed by atoms with van der Waals surface area (Å²) in [6, 6.07) is 18.6. The number of hydrazine groups is 1. The van der Waals surface area contributed by atoms with E-state index in [0.29, 0.717) is 0 Å². The highest BCUT2D eigenvalue weighted by molar-refractivity contribution is 9.10. The smallest absolute Gasteiger partial charge is 0.0702 e. The monoisotopic (exact) mass is 341 g/mol. The highest BCUT2D eigenvalue weighted by atomic mass is 79.9. The third-order valence-corrected chi connectivity index (χ3v) is 4.05. The van der Waals surface area contributed by atoms with Crippen LogP contribution >= 0.6 is 15.9 Å². The lowest BCUT2D eigenvalue weighted by Gasteiger charge is -2.17. The van der Waals surface area contributed by atoms with Crippen molar-refractivity contribution < 1.29 is 0 Å². The standard InChI is InChI=1S/C17H16BrN3/c18-15-5-1-3-12(9-15)10-17(21-19)14-6-7-16-13(11-14)4-2-8-20-16/h1-9,11,17,21H,10,19H2. The fourth-order valence-electron chi connectivity index (χ4n) is 2.48. The summed E-state index contributed by atoms with van der Waals surface area (Å²) < 4.78 is 1.08. The Morgan fingerprint density at radius 1 is 1.10 bits per heavy atom. The number of pyridine rings is 1. The summed E-state index contributed by atoms with van der Waals surface area (Å²) in [7, 11) is 0. The van der Waals surface area contributed by atoms with Crippen LogP contribution in [0.3, 0.4) is 0 Å². The highest BCUT2D eigenvalue weighted by Gasteiger charge is 2.11. The van der Waals surface area contributed by atoms with Gasteiger partial charge in [-0.2, -0.15) is 0 Å². The molecule has 3 rings (SSSR count). The minimum atomic E-state index is 0.0731. The van der Waals surface area contributed by atoms with E-state index < -0.39 is 0 Å². The molecule has 0 radical (unpaired) electrons. The summed E-state index contributed by atoms with van der Waals surface area (Å²) in [6.07, 6.45) is 2.64. The van der Waals surface area contributed by atoms with Gasteiger partial charge < -0.3 is 0 Å². The molecule has 106 valence electrons. The van der Waals surface area contributed by atoms with E-state index in [1.807, 2.05) is 30.5 Å². The maximum absolute atomic E-state index is 5.76. The molecule has 4 heteroatoms. The molecule has 0 bridgehead atoms. The average Bonchev–Trinajstić information content (AvgIpc) is 2.52. The topological polar surface area (TPSA) is 50.9 Å². The fraction of sp³-hybridized carbons (Fsp3) is 0.118. The van der Waals surface area contributed by atoms with Gasteiger partial charge in [0, 0.05) is 16.1 Å². The first-order chi connectivity index (χ1) is 10.3. The van der Waals surface area contributed by atoms with Crippen molar-refractivity contribution in [3.8, 4) is 0 Å². The van der Waals surface area contributed by atoms with E-state index in [0.717, 1.165) is 27.4 Å². The zero-order valence-corrected chi connectivity index (χ0v) is 13.0. The van der Waals surface area contributed by atoms with Gasteiger partial charge in [-0.25, -0.2) is 0 Å². The predicted octanol–water partition coefficient (Wildman–Crippen LogP) is 3.74. The molecule has 0 aliphatic heterocycles. The average molecular weight is 342 g/mol. The molecule has 3 nitrogen and oxygen atoms in total. The van der Waals surface area contributed by atoms with Crippen LogP contribution in [0.25, 0.3) is 10.9 Å². The maximum Gasteiger partial charge on any atom is 0.0702 e. The van der Waals surface area contributed by atoms with Gasteiger partial charge in [-0.05, 0) is 47.9 Å². The molecular weight excluding hydrogens is 326 g/mol. The molecule has 1 unspecified atom stereocenters. The lowest BCUT2D eigenvalue weighted by Crippen LogP contribution is -2.29. The highest BCUT2D eigenvalue weighted by Crippen LogP contribution is 2.23. The van der Waals surface area contributed by atoms with Crippen molar-refractivity contribution >= 4 is 26.8 Å². The van der Waals surface area contributed by atoms with Crippen molar-refractivity contribution in [2.75, 3.05) is 0 Å². The fourth-order valence-corrected chi connectivity index (χ4v) is 2.93. The number of nitrogens with two attached hydrogens (primary N) is 1. The van der Waals surface area contributed by atoms with Crippen molar-refractivity contribution in [3.05, 3.63) is 76.4 Å². The second-order valence-electron chi connectivity index (χ2n) is 5.01. The van der Waals surface area contributed by atoms with Crippen LogP contribution in [-0.4, -0.2) is 4.98 Å². The van der Waals surface area contributed by atoms with Crippen LogP contribution in [0.1, 0.15) is 17.2 Å². The lowest BCUT2D eigenvalue weighted by molar-refractivity contribution is 0.552. The third kappa shape index (κ3) is 3.29. The van der Waals surface area contributed by atoms with Gasteiger partial charge in [0.15, 0.2) is 0 Å². The van der Waals surface area contributed by atoms with Crippen molar-refractivity contribution in [2.24, 2.45) is 5.84 Å². The maximum atomic E-state index is 5.76. The number of hydrogen-bond acceptors (Lipinski definition) is 3. The van der Waals surface area contributed by atoms with Gasteiger partial charge in [0.05, 0.1) is 11.6 Å². The minimum Gasteiger partial charge on any atom is -0.271 e. The minimum absolute atomic E-state index is 0.0731. The number of halogens is 1. The van der Waals surface area contributed by atoms with E-state index >= 15 is 0 Å². The predicted molar refractivity (Wildman–Crippen MR) is 89.7 cm³/mol. The summed E-state index contributed by atoms with van der Waals surface area (Å²) >= 11 is 3.50. The number of nitrogens with zero attached hydrogens (tertiary/aromatic N) is 1. The summed E-state index contributed by atoms with van der Waals surface area (Å²) in [5.41, 5.74) is 6.31. The Labute approximate surface area is 132 Å². The first-order valence-corrected chi connectivity index (χ1v) is 7.61. The number of nitrogens with one attached hydrogen (secondary N) is 1. The Kier molecular flexibility index (Phi) is 4.29. The van der Waals surface area contributed by atoms with Crippen molar-refractivity contribution in [2.45, 2.75) is 12.5 Å². The van der Waals surface area contributed by atoms with E-state index in [-0.39, 0.29) is 6.04 Å². The second kappa shape index (κ2) is 6.35. The van der Waals surface area contributed by atoms with E-state index in [4.69, 9.17) is 5.84 Å². The molecule has 1 heterocycles. The number of benzene rings is 2. The molecule has 21 heavy (non-hydrogen) atoms. The molecule has 3 aromatic rings. The summed E-state index contributed by atoms with van der Waals surface area (Å²) in [5.74, 6) is 5.76. The van der Waals surface area contributed by atoms with E-state index in [1.165, 1.54) is 5.56 Å². The van der Waals surface area contributed by atoms with Crippen molar-refractivity contribution in [1.82, 2.24) is 10.4 Å². The van der Waals surface area contributed by atoms with Crippen LogP contribution in [0, 0.1) is 0 Å². The molecule has 0 spiro atoms. The first-order valence-electron chi connectivity index (χ1n) is 6.81. The van der Waals surface area contributed by atoms with Gasteiger partial charge in [-0.3, -0.25) is 16.3 Å². The van der Waals surface area contributed by atoms with Gasteiger partial charge in [0.1, 0.15) is 0 Å². The van der Waals surface area contributed by atoms with Crippen LogP contribution in [0.2, 0.25) is 0 Å². The quantitative estimate of drug-likeness (QED) is 0.561. The Hall–Kier alpha value is -1.75. The Bertz CT molecular complexity index is 758. The number of hydrogen-bond donors (Lipinski definition) is 2. The van der Waals surface area contributed by atoms with Crippen LogP contribution in [0.4, 0.5) is 0 Å². The summed E-state index contributed by atoms with van der Waals surface area (Å²) in [6.45, 7) is 0. The van der Waals surface area contributed by atoms with Crippen LogP contribution < -0.4 is 11.3 Å². The zero-order valence-electron chi connectivity index (χ0n) is 11.5. The normalized spacial score (nSPS) is 12.5. The van der Waals surface area contributed by atoms with Gasteiger partial charge in [-0.1, -0.05) is 40.2 Å². The van der Waals surface area contributed by atoms with E-state index in [9.17, 15) is 0 Å². The van der Waals surface area contributed by atoms with Gasteiger partial charge in [0.2, 0.25) is 0 Å². The van der Waals surface area contributed by atoms with Crippen LogP contribution in [0.15, 0.2) is 65.3 Å². The molecule has 1 atom stereocenters. The number of rotatable bonds is 4. The molecule has 0 saturated carbocycles. The summed E-state index contributed by atoms with van der Waals surface area (Å²) in [4.78, 5) is 4.35. The Morgan fingerprint density at radius 3 is 2.81 bits per heavy atom. The van der Waals surface area contributed by atoms with Gasteiger partial charge in [0.25, 0.3) is 0 Å². The van der Waals surface area contributed by atoms with E-state index in [1.54, 1.807) is 0 Å². The molecule has 3 N–H and O–H groups in total. The third-order valence-electron chi connectivity index (χ3n) is 3.56. The molecule has 0 fully saturated rings. The number of aromatic nitrogens is 1. The number of fused-ring (bicyclic) bond motifs is 1. The van der Waals surface area contributed by atoms with Crippen LogP contribution in [-0.2, 0) is 6.42 Å². The SMILES string of the molecule is NNC(Cc1cccc(Br)c1)c1ccc2ncccc2c1. The van der Waals surface area contributed by atoms with Crippen LogP contribution in [0.5, 0.6) is 0 Å². The molecule has 0 aliphatic rings. The molecular formula is C17H16BrN3. The van der Waals surface area contributed by atoms with Gasteiger partial charge >= 0.3 is 0 Å².